The van der Waals surface area contributed by atoms with E-state index in [0.29, 0.717) is 12.8 Å². The predicted molar refractivity (Wildman–Crippen MR) is 50.9 cm³/mol. The molecule has 0 bridgehead atoms. The van der Waals surface area contributed by atoms with E-state index in [4.69, 9.17) is 0 Å². The highest BCUT2D eigenvalue weighted by Crippen LogP contribution is 2.38. The van der Waals surface area contributed by atoms with Gasteiger partial charge in [-0.05, 0) is 24.3 Å². The van der Waals surface area contributed by atoms with Gasteiger partial charge in [0.1, 0.15) is 11.7 Å². The van der Waals surface area contributed by atoms with Crippen LogP contribution < -0.4 is 0 Å². The Labute approximate surface area is 80.6 Å². The molecule has 1 unspecified atom stereocenters. The number of hydrogen-bond acceptors (Lipinski definition) is 3. The Balaban J connectivity index is 2.46. The van der Waals surface area contributed by atoms with Crippen LogP contribution in [0.25, 0.3) is 0 Å². The van der Waals surface area contributed by atoms with Crippen LogP contribution in [0.1, 0.15) is 24.1 Å². The number of thiophene rings is 1. The fourth-order valence-electron chi connectivity index (χ4n) is 1.87. The first kappa shape index (κ1) is 8.63. The molecule has 2 rings (SSSR count). The second-order valence-electron chi connectivity index (χ2n) is 3.34. The van der Waals surface area contributed by atoms with Crippen molar-refractivity contribution < 1.29 is 9.59 Å². The maximum atomic E-state index is 11.6. The molecule has 3 heteroatoms. The van der Waals surface area contributed by atoms with E-state index >= 15 is 0 Å². The fourth-order valence-corrected chi connectivity index (χ4v) is 2.80. The molecule has 68 valence electrons. The zero-order valence-corrected chi connectivity index (χ0v) is 7.97. The molecule has 0 aliphatic heterocycles. The first-order valence-corrected chi connectivity index (χ1v) is 5.21. The average molecular weight is 194 g/mol. The summed E-state index contributed by atoms with van der Waals surface area (Å²) in [5.74, 6) is 0.0879. The minimum atomic E-state index is -0.784. The van der Waals surface area contributed by atoms with Gasteiger partial charge in [0.15, 0.2) is 5.78 Å². The van der Waals surface area contributed by atoms with Crippen LogP contribution >= 0.6 is 11.3 Å². The van der Waals surface area contributed by atoms with Gasteiger partial charge in [-0.2, -0.15) is 0 Å². The van der Waals surface area contributed by atoms with E-state index < -0.39 is 5.41 Å². The molecule has 1 aromatic heterocycles. The van der Waals surface area contributed by atoms with Crippen LogP contribution in [-0.2, 0) is 15.0 Å². The molecule has 1 aliphatic carbocycles. The Morgan fingerprint density at radius 1 is 1.54 bits per heavy atom. The topological polar surface area (TPSA) is 34.1 Å². The molecule has 0 saturated heterocycles. The largest absolute Gasteiger partial charge is 0.302 e. The van der Waals surface area contributed by atoms with Gasteiger partial charge in [0.25, 0.3) is 0 Å². The second kappa shape index (κ2) is 3.07. The first-order chi connectivity index (χ1) is 6.29. The molecule has 1 saturated carbocycles. The van der Waals surface area contributed by atoms with E-state index in [9.17, 15) is 9.59 Å². The maximum absolute atomic E-state index is 11.6. The van der Waals surface area contributed by atoms with Gasteiger partial charge in [0.2, 0.25) is 0 Å². The highest BCUT2D eigenvalue weighted by molar-refractivity contribution is 7.10. The minimum Gasteiger partial charge on any atom is -0.302 e. The molecular formula is C10H10O2S. The Hall–Kier alpha value is -0.960. The van der Waals surface area contributed by atoms with E-state index in [1.807, 2.05) is 17.5 Å². The number of aldehydes is 1. The summed E-state index contributed by atoms with van der Waals surface area (Å²) in [6, 6.07) is 3.76. The number of rotatable bonds is 2. The molecule has 0 radical (unpaired) electrons. The molecule has 13 heavy (non-hydrogen) atoms. The van der Waals surface area contributed by atoms with Crippen molar-refractivity contribution in [1.29, 1.82) is 0 Å². The van der Waals surface area contributed by atoms with Crippen LogP contribution in [0, 0.1) is 0 Å². The summed E-state index contributed by atoms with van der Waals surface area (Å²) in [7, 11) is 0. The number of carbonyl (C=O) groups is 2. The fraction of sp³-hybridized carbons (Fsp3) is 0.400. The lowest BCUT2D eigenvalue weighted by Crippen LogP contribution is -2.31. The lowest BCUT2D eigenvalue weighted by Gasteiger charge is -2.17. The van der Waals surface area contributed by atoms with Crippen LogP contribution in [0.3, 0.4) is 0 Å². The third-order valence-electron chi connectivity index (χ3n) is 2.63. The van der Waals surface area contributed by atoms with Crippen LogP contribution in [0.5, 0.6) is 0 Å². The summed E-state index contributed by atoms with van der Waals surface area (Å²) in [5.41, 5.74) is -0.784. The van der Waals surface area contributed by atoms with Crippen molar-refractivity contribution in [3.63, 3.8) is 0 Å². The number of carbonyl (C=O) groups excluding carboxylic acids is 2. The zero-order chi connectivity index (χ0) is 9.31. The van der Waals surface area contributed by atoms with Crippen LogP contribution in [0.15, 0.2) is 17.5 Å². The molecule has 1 aromatic rings. The maximum Gasteiger partial charge on any atom is 0.151 e. The van der Waals surface area contributed by atoms with Gasteiger partial charge in [-0.1, -0.05) is 6.07 Å². The van der Waals surface area contributed by atoms with Gasteiger partial charge in [0, 0.05) is 11.3 Å². The molecule has 1 heterocycles. The number of hydrogen-bond donors (Lipinski definition) is 0. The van der Waals surface area contributed by atoms with E-state index in [0.717, 1.165) is 17.6 Å². The van der Waals surface area contributed by atoms with Gasteiger partial charge < -0.3 is 4.79 Å². The van der Waals surface area contributed by atoms with Crippen molar-refractivity contribution in [1.82, 2.24) is 0 Å². The standard InChI is InChI=1S/C10H10O2S/c11-7-10(5-1-3-8(10)12)9-4-2-6-13-9/h2,4,6-7H,1,3,5H2. The summed E-state index contributed by atoms with van der Waals surface area (Å²) >= 11 is 1.50. The summed E-state index contributed by atoms with van der Waals surface area (Å²) in [5, 5.41) is 1.91. The smallest absolute Gasteiger partial charge is 0.151 e. The molecule has 0 N–H and O–H groups in total. The Kier molecular flexibility index (Phi) is 2.04. The monoisotopic (exact) mass is 194 g/mol. The van der Waals surface area contributed by atoms with Gasteiger partial charge in [-0.25, -0.2) is 0 Å². The van der Waals surface area contributed by atoms with E-state index in [-0.39, 0.29) is 5.78 Å². The molecule has 0 aromatic carbocycles. The van der Waals surface area contributed by atoms with Gasteiger partial charge in [0.05, 0.1) is 0 Å². The van der Waals surface area contributed by atoms with Crippen LogP contribution in [-0.4, -0.2) is 12.1 Å². The van der Waals surface area contributed by atoms with Crippen molar-refractivity contribution in [2.45, 2.75) is 24.7 Å². The SMILES string of the molecule is O=CC1(c2cccs2)CCCC1=O. The lowest BCUT2D eigenvalue weighted by atomic mass is 9.85. The molecule has 1 atom stereocenters. The Morgan fingerprint density at radius 3 is 2.85 bits per heavy atom. The highest BCUT2D eigenvalue weighted by Gasteiger charge is 2.44. The van der Waals surface area contributed by atoms with E-state index in [2.05, 4.69) is 0 Å². The van der Waals surface area contributed by atoms with Crippen molar-refractivity contribution in [2.24, 2.45) is 0 Å². The van der Waals surface area contributed by atoms with Crippen LogP contribution in [0.2, 0.25) is 0 Å². The van der Waals surface area contributed by atoms with Gasteiger partial charge in [-0.15, -0.1) is 11.3 Å². The molecule has 1 fully saturated rings. The molecule has 0 spiro atoms. The van der Waals surface area contributed by atoms with E-state index in [1.165, 1.54) is 11.3 Å². The minimum absolute atomic E-state index is 0.0879. The Morgan fingerprint density at radius 2 is 2.38 bits per heavy atom. The summed E-state index contributed by atoms with van der Waals surface area (Å²) in [4.78, 5) is 23.5. The van der Waals surface area contributed by atoms with Crippen molar-refractivity contribution >= 4 is 23.4 Å². The second-order valence-corrected chi connectivity index (χ2v) is 4.29. The van der Waals surface area contributed by atoms with Crippen LogP contribution in [0.4, 0.5) is 0 Å². The quantitative estimate of drug-likeness (QED) is 0.532. The number of ketones is 1. The normalized spacial score (nSPS) is 27.8. The van der Waals surface area contributed by atoms with Crippen molar-refractivity contribution in [3.05, 3.63) is 22.4 Å². The lowest BCUT2D eigenvalue weighted by molar-refractivity contribution is -0.127. The van der Waals surface area contributed by atoms with Crippen molar-refractivity contribution in [2.75, 3.05) is 0 Å². The third-order valence-corrected chi connectivity index (χ3v) is 3.68. The summed E-state index contributed by atoms with van der Waals surface area (Å²) in [6.07, 6.45) is 2.91. The summed E-state index contributed by atoms with van der Waals surface area (Å²) in [6.45, 7) is 0. The summed E-state index contributed by atoms with van der Waals surface area (Å²) < 4.78 is 0. The first-order valence-electron chi connectivity index (χ1n) is 4.33. The number of Topliss-reactive ketones (excluding diaryl/α,β-unsaturated/α-hetero) is 1. The molecule has 0 amide bonds. The zero-order valence-electron chi connectivity index (χ0n) is 7.16. The predicted octanol–water partition coefficient (Wildman–Crippen LogP) is 1.94. The highest BCUT2D eigenvalue weighted by atomic mass is 32.1. The third kappa shape index (κ3) is 1.15. The van der Waals surface area contributed by atoms with Crippen molar-refractivity contribution in [3.8, 4) is 0 Å². The average Bonchev–Trinajstić information content (AvgIpc) is 2.73. The van der Waals surface area contributed by atoms with Gasteiger partial charge in [-0.3, -0.25) is 4.79 Å². The molecule has 2 nitrogen and oxygen atoms in total. The van der Waals surface area contributed by atoms with Gasteiger partial charge >= 0.3 is 0 Å². The molecular weight excluding hydrogens is 184 g/mol. The molecule has 1 aliphatic rings. The Bertz CT molecular complexity index is 329. The van der Waals surface area contributed by atoms with E-state index in [1.54, 1.807) is 0 Å².